The number of thioether (sulfide) groups is 1. The smallest absolute Gasteiger partial charge is 0.253 e. The molecule has 0 aliphatic carbocycles. The second-order valence-corrected chi connectivity index (χ2v) is 7.46. The number of rotatable bonds is 4. The van der Waals surface area contributed by atoms with Crippen LogP contribution < -0.4 is 5.32 Å². The van der Waals surface area contributed by atoms with E-state index in [1.54, 1.807) is 23.6 Å². The largest absolute Gasteiger partial charge is 0.324 e. The normalized spacial score (nSPS) is 12.4. The third-order valence-corrected chi connectivity index (χ3v) is 5.31. The van der Waals surface area contributed by atoms with E-state index in [9.17, 15) is 4.79 Å². The fourth-order valence-electron chi connectivity index (χ4n) is 2.30. The van der Waals surface area contributed by atoms with Crippen molar-refractivity contribution >= 4 is 40.7 Å². The number of halogens is 1. The van der Waals surface area contributed by atoms with E-state index in [2.05, 4.69) is 20.4 Å². The Kier molecular flexibility index (Phi) is 4.96. The van der Waals surface area contributed by atoms with Gasteiger partial charge in [0, 0.05) is 11.4 Å². The van der Waals surface area contributed by atoms with Gasteiger partial charge in [-0.25, -0.2) is 9.50 Å². The van der Waals surface area contributed by atoms with Gasteiger partial charge in [0.1, 0.15) is 0 Å². The molecule has 0 saturated carbocycles. The van der Waals surface area contributed by atoms with Gasteiger partial charge in [0.15, 0.2) is 0 Å². The van der Waals surface area contributed by atoms with Crippen molar-refractivity contribution < 1.29 is 4.79 Å². The molecule has 1 N–H and O–H groups in total. The first-order valence-corrected chi connectivity index (χ1v) is 9.05. The number of para-hydroxylation sites is 1. The highest BCUT2D eigenvalue weighted by molar-refractivity contribution is 8.00. The van der Waals surface area contributed by atoms with E-state index in [4.69, 9.17) is 11.6 Å². The summed E-state index contributed by atoms with van der Waals surface area (Å²) in [4.78, 5) is 21.3. The summed E-state index contributed by atoms with van der Waals surface area (Å²) in [5, 5.41) is 7.93. The molecule has 3 aromatic rings. The van der Waals surface area contributed by atoms with Gasteiger partial charge in [0.25, 0.3) is 5.78 Å². The number of hydrogen-bond donors (Lipinski definition) is 1. The van der Waals surface area contributed by atoms with E-state index in [0.717, 1.165) is 17.0 Å². The van der Waals surface area contributed by atoms with Crippen LogP contribution in [-0.2, 0) is 4.79 Å². The Morgan fingerprint density at radius 1 is 1.24 bits per heavy atom. The highest BCUT2D eigenvalue weighted by Gasteiger charge is 2.19. The fraction of sp³-hybridized carbons (Fsp3) is 0.294. The molecule has 1 aromatic carbocycles. The Labute approximate surface area is 155 Å². The van der Waals surface area contributed by atoms with Gasteiger partial charge in [-0.15, -0.1) is 5.10 Å². The van der Waals surface area contributed by atoms with Crippen LogP contribution in [0.2, 0.25) is 5.02 Å². The lowest BCUT2D eigenvalue weighted by molar-refractivity contribution is -0.115. The van der Waals surface area contributed by atoms with Crippen LogP contribution in [0.4, 0.5) is 5.69 Å². The highest BCUT2D eigenvalue weighted by Crippen LogP contribution is 2.25. The third-order valence-electron chi connectivity index (χ3n) is 4.02. The van der Waals surface area contributed by atoms with Crippen molar-refractivity contribution in [2.45, 2.75) is 38.1 Å². The number of nitrogens with one attached hydrogen (secondary N) is 1. The molecule has 0 unspecified atom stereocenters. The van der Waals surface area contributed by atoms with Crippen molar-refractivity contribution in [2.75, 3.05) is 5.32 Å². The summed E-state index contributed by atoms with van der Waals surface area (Å²) in [6.45, 7) is 7.74. The molecule has 0 radical (unpaired) electrons. The van der Waals surface area contributed by atoms with Gasteiger partial charge in [-0.3, -0.25) is 4.79 Å². The molecule has 8 heteroatoms. The molecule has 0 bridgehead atoms. The molecule has 0 spiro atoms. The van der Waals surface area contributed by atoms with Gasteiger partial charge in [-0.2, -0.15) is 4.98 Å². The van der Waals surface area contributed by atoms with Crippen molar-refractivity contribution in [2.24, 2.45) is 0 Å². The molecule has 130 valence electrons. The van der Waals surface area contributed by atoms with Crippen LogP contribution in [0.15, 0.2) is 29.4 Å². The van der Waals surface area contributed by atoms with Crippen molar-refractivity contribution in [1.82, 2.24) is 19.6 Å². The van der Waals surface area contributed by atoms with Crippen LogP contribution in [0.1, 0.15) is 23.9 Å². The number of nitrogens with zero attached hydrogens (tertiary/aromatic N) is 4. The zero-order valence-corrected chi connectivity index (χ0v) is 15.9. The number of aromatic nitrogens is 4. The maximum atomic E-state index is 12.4. The van der Waals surface area contributed by atoms with Crippen LogP contribution >= 0.6 is 23.4 Å². The van der Waals surface area contributed by atoms with Gasteiger partial charge in [-0.1, -0.05) is 35.5 Å². The molecule has 0 fully saturated rings. The Hall–Kier alpha value is -2.12. The minimum atomic E-state index is -0.379. The topological polar surface area (TPSA) is 72.2 Å². The summed E-state index contributed by atoms with van der Waals surface area (Å²) in [7, 11) is 0. The molecule has 25 heavy (non-hydrogen) atoms. The molecular formula is C17H18ClN5OS. The number of anilines is 1. The van der Waals surface area contributed by atoms with E-state index >= 15 is 0 Å². The van der Waals surface area contributed by atoms with Crippen LogP contribution in [0.5, 0.6) is 0 Å². The first kappa shape index (κ1) is 17.7. The first-order chi connectivity index (χ1) is 11.9. The van der Waals surface area contributed by atoms with E-state index in [0.29, 0.717) is 21.6 Å². The number of carbonyl (C=O) groups excluding carboxylic acids is 1. The number of amides is 1. The second-order valence-electron chi connectivity index (χ2n) is 5.74. The highest BCUT2D eigenvalue weighted by atomic mass is 35.5. The van der Waals surface area contributed by atoms with Crippen molar-refractivity contribution in [1.29, 1.82) is 0 Å². The third kappa shape index (κ3) is 3.62. The Balaban J connectivity index is 1.77. The Morgan fingerprint density at radius 2 is 1.96 bits per heavy atom. The predicted molar refractivity (Wildman–Crippen MR) is 100 cm³/mol. The number of fused-ring (bicyclic) bond motifs is 1. The van der Waals surface area contributed by atoms with Crippen molar-refractivity contribution in [3.8, 4) is 0 Å². The minimum absolute atomic E-state index is 0.158. The Morgan fingerprint density at radius 3 is 2.68 bits per heavy atom. The zero-order chi connectivity index (χ0) is 18.1. The number of carbonyl (C=O) groups is 1. The van der Waals surface area contributed by atoms with Gasteiger partial charge in [0.05, 0.1) is 16.0 Å². The Bertz CT molecular complexity index is 956. The summed E-state index contributed by atoms with van der Waals surface area (Å²) in [6.07, 6.45) is 0. The molecule has 6 nitrogen and oxygen atoms in total. The lowest BCUT2D eigenvalue weighted by Crippen LogP contribution is -2.22. The summed E-state index contributed by atoms with van der Waals surface area (Å²) in [5.41, 5.74) is 3.60. The second kappa shape index (κ2) is 7.01. The molecule has 0 saturated heterocycles. The SMILES string of the molecule is Cc1nc2nc(S[C@@H](C)C(=O)Nc3ccccc3Cl)nn2c(C)c1C. The van der Waals surface area contributed by atoms with E-state index < -0.39 is 0 Å². The average molecular weight is 376 g/mol. The predicted octanol–water partition coefficient (Wildman–Crippen LogP) is 3.82. The van der Waals surface area contributed by atoms with Crippen LogP contribution in [0, 0.1) is 20.8 Å². The van der Waals surface area contributed by atoms with Gasteiger partial charge in [-0.05, 0) is 45.4 Å². The number of aryl methyl sites for hydroxylation is 2. The molecular weight excluding hydrogens is 358 g/mol. The summed E-state index contributed by atoms with van der Waals surface area (Å²) >= 11 is 7.36. The van der Waals surface area contributed by atoms with Crippen molar-refractivity contribution in [3.63, 3.8) is 0 Å². The lowest BCUT2D eigenvalue weighted by atomic mass is 10.2. The number of benzene rings is 1. The monoisotopic (exact) mass is 375 g/mol. The molecule has 2 aromatic heterocycles. The van der Waals surface area contributed by atoms with E-state index in [1.807, 2.05) is 32.9 Å². The average Bonchev–Trinajstić information content (AvgIpc) is 2.97. The van der Waals surface area contributed by atoms with E-state index in [1.165, 1.54) is 11.8 Å². The quantitative estimate of drug-likeness (QED) is 0.702. The lowest BCUT2D eigenvalue weighted by Gasteiger charge is -2.11. The molecule has 3 rings (SSSR count). The van der Waals surface area contributed by atoms with Gasteiger partial charge < -0.3 is 5.32 Å². The molecule has 1 amide bonds. The summed E-state index contributed by atoms with van der Waals surface area (Å²) < 4.78 is 1.71. The maximum absolute atomic E-state index is 12.4. The standard InChI is InChI=1S/C17H18ClN5OS/c1-9-10(2)19-16-21-17(22-23(16)11(9)3)25-12(4)15(24)20-14-8-6-5-7-13(14)18/h5-8,12H,1-4H3,(H,20,24)/t12-/m0/s1. The van der Waals surface area contributed by atoms with Crippen LogP contribution in [0.25, 0.3) is 5.78 Å². The van der Waals surface area contributed by atoms with Crippen LogP contribution in [0.3, 0.4) is 0 Å². The van der Waals surface area contributed by atoms with Crippen LogP contribution in [-0.4, -0.2) is 30.7 Å². The minimum Gasteiger partial charge on any atom is -0.324 e. The maximum Gasteiger partial charge on any atom is 0.253 e. The molecule has 0 aliphatic heterocycles. The first-order valence-electron chi connectivity index (χ1n) is 7.79. The van der Waals surface area contributed by atoms with Gasteiger partial charge >= 0.3 is 0 Å². The molecule has 1 atom stereocenters. The van der Waals surface area contributed by atoms with Crippen molar-refractivity contribution in [3.05, 3.63) is 46.2 Å². The molecule has 2 heterocycles. The zero-order valence-electron chi connectivity index (χ0n) is 14.4. The van der Waals surface area contributed by atoms with E-state index in [-0.39, 0.29) is 11.2 Å². The van der Waals surface area contributed by atoms with Gasteiger partial charge in [0.2, 0.25) is 11.1 Å². The molecule has 0 aliphatic rings. The summed E-state index contributed by atoms with van der Waals surface area (Å²) in [5.74, 6) is 0.385. The number of hydrogen-bond acceptors (Lipinski definition) is 5. The fourth-order valence-corrected chi connectivity index (χ4v) is 3.22. The summed E-state index contributed by atoms with van der Waals surface area (Å²) in [6, 6.07) is 7.13.